The van der Waals surface area contributed by atoms with Crippen LogP contribution < -0.4 is 0 Å². The molecule has 0 fully saturated rings. The number of hydrogen-bond donors (Lipinski definition) is 0. The highest BCUT2D eigenvalue weighted by molar-refractivity contribution is 9.09. The van der Waals surface area contributed by atoms with Crippen LogP contribution in [-0.4, -0.2) is 15.1 Å². The summed E-state index contributed by atoms with van der Waals surface area (Å²) in [7, 11) is 2.04. The van der Waals surface area contributed by atoms with Crippen LogP contribution >= 0.6 is 15.9 Å². The molecular formula is C11H19BrN2. The topological polar surface area (TPSA) is 17.8 Å². The lowest BCUT2D eigenvalue weighted by atomic mass is 10.1. The SMILES string of the molecule is CCc1cc(CCC(C)CBr)n(C)n1. The van der Waals surface area contributed by atoms with E-state index < -0.39 is 0 Å². The van der Waals surface area contributed by atoms with Crippen LogP contribution in [-0.2, 0) is 19.9 Å². The summed E-state index contributed by atoms with van der Waals surface area (Å²) in [5.74, 6) is 0.745. The molecule has 0 bridgehead atoms. The first-order valence-electron chi connectivity index (χ1n) is 5.25. The van der Waals surface area contributed by atoms with Crippen molar-refractivity contribution in [2.75, 3.05) is 5.33 Å². The number of rotatable bonds is 5. The number of hydrogen-bond acceptors (Lipinski definition) is 1. The summed E-state index contributed by atoms with van der Waals surface area (Å²) in [5.41, 5.74) is 2.56. The number of aryl methyl sites for hydroxylation is 3. The third-order valence-electron chi connectivity index (χ3n) is 2.55. The molecule has 1 heterocycles. The Hall–Kier alpha value is -0.310. The van der Waals surface area contributed by atoms with Crippen molar-refractivity contribution in [3.05, 3.63) is 17.5 Å². The highest BCUT2D eigenvalue weighted by Crippen LogP contribution is 2.12. The van der Waals surface area contributed by atoms with Crippen LogP contribution in [0.4, 0.5) is 0 Å². The Kier molecular flexibility index (Phi) is 4.66. The number of nitrogens with zero attached hydrogens (tertiary/aromatic N) is 2. The normalized spacial score (nSPS) is 13.1. The van der Waals surface area contributed by atoms with E-state index in [2.05, 4.69) is 40.9 Å². The second kappa shape index (κ2) is 5.54. The Morgan fingerprint density at radius 3 is 2.79 bits per heavy atom. The lowest BCUT2D eigenvalue weighted by molar-refractivity contribution is 0.574. The van der Waals surface area contributed by atoms with E-state index in [1.165, 1.54) is 17.8 Å². The van der Waals surface area contributed by atoms with Gasteiger partial charge in [-0.2, -0.15) is 5.10 Å². The second-order valence-corrected chi connectivity index (χ2v) is 4.55. The Bertz CT molecular complexity index is 281. The molecule has 0 aliphatic rings. The molecule has 0 aliphatic heterocycles. The van der Waals surface area contributed by atoms with Crippen molar-refractivity contribution >= 4 is 15.9 Å². The molecule has 14 heavy (non-hydrogen) atoms. The molecule has 0 aromatic carbocycles. The molecule has 1 aromatic heterocycles. The van der Waals surface area contributed by atoms with Crippen LogP contribution in [0.3, 0.4) is 0 Å². The predicted molar refractivity (Wildman–Crippen MR) is 63.9 cm³/mol. The summed E-state index contributed by atoms with van der Waals surface area (Å²) in [4.78, 5) is 0. The maximum atomic E-state index is 4.44. The highest BCUT2D eigenvalue weighted by Gasteiger charge is 2.06. The molecular weight excluding hydrogens is 240 g/mol. The lowest BCUT2D eigenvalue weighted by Gasteiger charge is -2.06. The molecule has 0 saturated heterocycles. The van der Waals surface area contributed by atoms with Crippen LogP contribution in [0.15, 0.2) is 6.07 Å². The minimum atomic E-state index is 0.745. The van der Waals surface area contributed by atoms with Crippen LogP contribution in [0.2, 0.25) is 0 Å². The quantitative estimate of drug-likeness (QED) is 0.743. The highest BCUT2D eigenvalue weighted by atomic mass is 79.9. The van der Waals surface area contributed by atoms with Crippen molar-refractivity contribution in [3.8, 4) is 0 Å². The first kappa shape index (κ1) is 11.8. The van der Waals surface area contributed by atoms with E-state index in [1.807, 2.05) is 11.7 Å². The molecule has 1 atom stereocenters. The van der Waals surface area contributed by atoms with E-state index in [1.54, 1.807) is 0 Å². The summed E-state index contributed by atoms with van der Waals surface area (Å²) >= 11 is 3.50. The van der Waals surface area contributed by atoms with Crippen LogP contribution in [0.25, 0.3) is 0 Å². The molecule has 0 saturated carbocycles. The van der Waals surface area contributed by atoms with Gasteiger partial charge in [-0.25, -0.2) is 0 Å². The Labute approximate surface area is 94.8 Å². The molecule has 0 spiro atoms. The molecule has 0 aliphatic carbocycles. The van der Waals surface area contributed by atoms with E-state index in [0.717, 1.165) is 24.1 Å². The van der Waals surface area contributed by atoms with Gasteiger partial charge in [0.2, 0.25) is 0 Å². The smallest absolute Gasteiger partial charge is 0.0624 e. The molecule has 0 radical (unpaired) electrons. The molecule has 1 aromatic rings. The first-order chi connectivity index (χ1) is 6.67. The monoisotopic (exact) mass is 258 g/mol. The van der Waals surface area contributed by atoms with Crippen molar-refractivity contribution in [2.45, 2.75) is 33.1 Å². The van der Waals surface area contributed by atoms with E-state index in [0.29, 0.717) is 0 Å². The number of halogens is 1. The average molecular weight is 259 g/mol. The third kappa shape index (κ3) is 3.12. The van der Waals surface area contributed by atoms with Gasteiger partial charge in [0.05, 0.1) is 5.69 Å². The molecule has 0 N–H and O–H groups in total. The minimum Gasteiger partial charge on any atom is -0.272 e. The molecule has 3 heteroatoms. The summed E-state index contributed by atoms with van der Waals surface area (Å²) in [6.07, 6.45) is 3.39. The van der Waals surface area contributed by atoms with E-state index in [4.69, 9.17) is 0 Å². The Morgan fingerprint density at radius 1 is 1.57 bits per heavy atom. The Balaban J connectivity index is 2.53. The van der Waals surface area contributed by atoms with Gasteiger partial charge in [-0.1, -0.05) is 29.8 Å². The van der Waals surface area contributed by atoms with Crippen LogP contribution in [0.1, 0.15) is 31.7 Å². The molecule has 1 rings (SSSR count). The summed E-state index contributed by atoms with van der Waals surface area (Å²) in [5, 5.41) is 5.53. The largest absolute Gasteiger partial charge is 0.272 e. The van der Waals surface area contributed by atoms with Gasteiger partial charge in [-0.05, 0) is 31.2 Å². The number of aromatic nitrogens is 2. The van der Waals surface area contributed by atoms with E-state index in [-0.39, 0.29) is 0 Å². The summed E-state index contributed by atoms with van der Waals surface area (Å²) in [6.45, 7) is 4.42. The third-order valence-corrected chi connectivity index (χ3v) is 3.65. The van der Waals surface area contributed by atoms with Gasteiger partial charge in [0, 0.05) is 18.1 Å². The average Bonchev–Trinajstić information content (AvgIpc) is 2.55. The van der Waals surface area contributed by atoms with Gasteiger partial charge in [-0.15, -0.1) is 0 Å². The van der Waals surface area contributed by atoms with E-state index in [9.17, 15) is 0 Å². The standard InChI is InChI=1S/C11H19BrN2/c1-4-10-7-11(14(3)13-10)6-5-9(2)8-12/h7,9H,4-6,8H2,1-3H3. The maximum Gasteiger partial charge on any atom is 0.0624 e. The van der Waals surface area contributed by atoms with Crippen molar-refractivity contribution in [1.82, 2.24) is 9.78 Å². The fraction of sp³-hybridized carbons (Fsp3) is 0.727. The minimum absolute atomic E-state index is 0.745. The van der Waals surface area contributed by atoms with Gasteiger partial charge in [0.25, 0.3) is 0 Å². The zero-order chi connectivity index (χ0) is 10.6. The zero-order valence-corrected chi connectivity index (χ0v) is 10.8. The summed E-state index contributed by atoms with van der Waals surface area (Å²) < 4.78 is 2.01. The van der Waals surface area contributed by atoms with Crippen molar-refractivity contribution < 1.29 is 0 Å². The first-order valence-corrected chi connectivity index (χ1v) is 6.37. The molecule has 2 nitrogen and oxygen atoms in total. The molecule has 1 unspecified atom stereocenters. The van der Waals surface area contributed by atoms with Gasteiger partial charge in [-0.3, -0.25) is 4.68 Å². The Morgan fingerprint density at radius 2 is 2.29 bits per heavy atom. The molecule has 80 valence electrons. The number of alkyl halides is 1. The maximum absolute atomic E-state index is 4.44. The van der Waals surface area contributed by atoms with Gasteiger partial charge in [0.15, 0.2) is 0 Å². The fourth-order valence-corrected chi connectivity index (χ4v) is 1.77. The lowest BCUT2D eigenvalue weighted by Crippen LogP contribution is -2.03. The van der Waals surface area contributed by atoms with Gasteiger partial charge < -0.3 is 0 Å². The fourth-order valence-electron chi connectivity index (χ4n) is 1.45. The van der Waals surface area contributed by atoms with Crippen molar-refractivity contribution in [3.63, 3.8) is 0 Å². The van der Waals surface area contributed by atoms with Crippen molar-refractivity contribution in [2.24, 2.45) is 13.0 Å². The van der Waals surface area contributed by atoms with Gasteiger partial charge in [0.1, 0.15) is 0 Å². The van der Waals surface area contributed by atoms with Crippen LogP contribution in [0.5, 0.6) is 0 Å². The van der Waals surface area contributed by atoms with Crippen molar-refractivity contribution in [1.29, 1.82) is 0 Å². The second-order valence-electron chi connectivity index (χ2n) is 3.90. The zero-order valence-electron chi connectivity index (χ0n) is 9.26. The van der Waals surface area contributed by atoms with Crippen LogP contribution in [0, 0.1) is 5.92 Å². The summed E-state index contributed by atoms with van der Waals surface area (Å²) in [6, 6.07) is 2.22. The van der Waals surface area contributed by atoms with E-state index >= 15 is 0 Å². The van der Waals surface area contributed by atoms with Gasteiger partial charge >= 0.3 is 0 Å². The predicted octanol–water partition coefficient (Wildman–Crippen LogP) is 2.95. The molecule has 0 amide bonds.